The largest absolute Gasteiger partial charge is 0.340 e. The van der Waals surface area contributed by atoms with Gasteiger partial charge in [0.15, 0.2) is 0 Å². The Labute approximate surface area is 162 Å². The standard InChI is InChI=1S/C21H31N5O/c1-17-13-18(2)26(22-17)20-8-5-7-19(14-20)15-24(4)21(27)16-25-10-6-9-23(3)11-12-25/h5,7-8,13-14H,6,9-12,15-16H2,1-4H3. The average Bonchev–Trinajstić information content (AvgIpc) is 2.83. The molecule has 0 N–H and O–H groups in total. The third kappa shape index (κ3) is 5.17. The molecular weight excluding hydrogens is 338 g/mol. The number of hydrogen-bond acceptors (Lipinski definition) is 4. The molecule has 1 aromatic heterocycles. The second-order valence-corrected chi connectivity index (χ2v) is 7.69. The van der Waals surface area contributed by atoms with E-state index in [0.717, 1.165) is 55.2 Å². The predicted octanol–water partition coefficient (Wildman–Crippen LogP) is 2.09. The first-order valence-corrected chi connectivity index (χ1v) is 9.70. The summed E-state index contributed by atoms with van der Waals surface area (Å²) >= 11 is 0. The van der Waals surface area contributed by atoms with Crippen LogP contribution in [0.5, 0.6) is 0 Å². The SMILES string of the molecule is Cc1cc(C)n(-c2cccc(CN(C)C(=O)CN3CCCN(C)CC3)c2)n1. The normalized spacial score (nSPS) is 16.3. The highest BCUT2D eigenvalue weighted by molar-refractivity contribution is 5.78. The zero-order chi connectivity index (χ0) is 19.4. The lowest BCUT2D eigenvalue weighted by Gasteiger charge is -2.24. The number of aryl methyl sites for hydroxylation is 2. The summed E-state index contributed by atoms with van der Waals surface area (Å²) < 4.78 is 1.95. The molecule has 0 saturated carbocycles. The Morgan fingerprint density at radius 2 is 1.96 bits per heavy atom. The molecule has 0 bridgehead atoms. The molecule has 1 amide bonds. The summed E-state index contributed by atoms with van der Waals surface area (Å²) in [7, 11) is 4.04. The van der Waals surface area contributed by atoms with Crippen LogP contribution in [0, 0.1) is 13.8 Å². The minimum atomic E-state index is 0.177. The number of nitrogens with zero attached hydrogens (tertiary/aromatic N) is 5. The Balaban J connectivity index is 1.62. The van der Waals surface area contributed by atoms with Gasteiger partial charge in [-0.2, -0.15) is 5.10 Å². The quantitative estimate of drug-likeness (QED) is 0.810. The van der Waals surface area contributed by atoms with Gasteiger partial charge in [-0.1, -0.05) is 12.1 Å². The fourth-order valence-electron chi connectivity index (χ4n) is 3.61. The number of hydrogen-bond donors (Lipinski definition) is 0. The van der Waals surface area contributed by atoms with E-state index in [4.69, 9.17) is 0 Å². The van der Waals surface area contributed by atoms with Crippen molar-refractivity contribution in [1.82, 2.24) is 24.5 Å². The van der Waals surface area contributed by atoms with Crippen molar-refractivity contribution in [2.24, 2.45) is 0 Å². The number of benzene rings is 1. The molecule has 3 rings (SSSR count). The second-order valence-electron chi connectivity index (χ2n) is 7.69. The van der Waals surface area contributed by atoms with Gasteiger partial charge in [-0.15, -0.1) is 0 Å². The second kappa shape index (κ2) is 8.67. The fourth-order valence-corrected chi connectivity index (χ4v) is 3.61. The predicted molar refractivity (Wildman–Crippen MR) is 108 cm³/mol. The van der Waals surface area contributed by atoms with Gasteiger partial charge >= 0.3 is 0 Å². The monoisotopic (exact) mass is 369 g/mol. The van der Waals surface area contributed by atoms with Crippen molar-refractivity contribution in [2.75, 3.05) is 46.8 Å². The minimum Gasteiger partial charge on any atom is -0.340 e. The van der Waals surface area contributed by atoms with Crippen molar-refractivity contribution in [3.8, 4) is 5.69 Å². The molecule has 2 heterocycles. The Morgan fingerprint density at radius 1 is 1.15 bits per heavy atom. The molecule has 146 valence electrons. The highest BCUT2D eigenvalue weighted by Crippen LogP contribution is 2.15. The molecular formula is C21H31N5O. The molecule has 1 fully saturated rings. The number of likely N-dealkylation sites (N-methyl/N-ethyl adjacent to an activating group) is 2. The average molecular weight is 370 g/mol. The van der Waals surface area contributed by atoms with Crippen molar-refractivity contribution < 1.29 is 4.79 Å². The van der Waals surface area contributed by atoms with Gasteiger partial charge in [0.25, 0.3) is 0 Å². The maximum absolute atomic E-state index is 12.7. The zero-order valence-corrected chi connectivity index (χ0v) is 17.0. The molecule has 0 spiro atoms. The van der Waals surface area contributed by atoms with Crippen LogP contribution in [0.15, 0.2) is 30.3 Å². The van der Waals surface area contributed by atoms with Crippen LogP contribution in [0.3, 0.4) is 0 Å². The topological polar surface area (TPSA) is 44.6 Å². The molecule has 2 aromatic rings. The van der Waals surface area contributed by atoms with E-state index in [1.807, 2.05) is 29.6 Å². The summed E-state index contributed by atoms with van der Waals surface area (Å²) in [6, 6.07) is 10.3. The molecule has 0 aliphatic carbocycles. The van der Waals surface area contributed by atoms with Crippen molar-refractivity contribution in [2.45, 2.75) is 26.8 Å². The van der Waals surface area contributed by atoms with Gasteiger partial charge in [0.05, 0.1) is 17.9 Å². The van der Waals surface area contributed by atoms with Crippen LogP contribution in [0.2, 0.25) is 0 Å². The van der Waals surface area contributed by atoms with Crippen LogP contribution >= 0.6 is 0 Å². The van der Waals surface area contributed by atoms with E-state index in [0.29, 0.717) is 13.1 Å². The summed E-state index contributed by atoms with van der Waals surface area (Å²) in [6.07, 6.45) is 1.12. The molecule has 6 nitrogen and oxygen atoms in total. The molecule has 0 atom stereocenters. The first kappa shape index (κ1) is 19.6. The molecule has 1 aliphatic heterocycles. The third-order valence-corrected chi connectivity index (χ3v) is 5.18. The van der Waals surface area contributed by atoms with Gasteiger partial charge in [-0.3, -0.25) is 9.69 Å². The van der Waals surface area contributed by atoms with Gasteiger partial charge in [-0.25, -0.2) is 4.68 Å². The van der Waals surface area contributed by atoms with E-state index in [2.05, 4.69) is 53.1 Å². The summed E-state index contributed by atoms with van der Waals surface area (Å²) in [4.78, 5) is 19.1. The fraction of sp³-hybridized carbons (Fsp3) is 0.524. The van der Waals surface area contributed by atoms with Crippen LogP contribution in [-0.4, -0.2) is 77.2 Å². The number of carbonyl (C=O) groups is 1. The summed E-state index contributed by atoms with van der Waals surface area (Å²) in [6.45, 7) is 9.27. The molecule has 27 heavy (non-hydrogen) atoms. The zero-order valence-electron chi connectivity index (χ0n) is 17.0. The highest BCUT2D eigenvalue weighted by Gasteiger charge is 2.17. The van der Waals surface area contributed by atoms with E-state index in [1.165, 1.54) is 0 Å². The molecule has 6 heteroatoms. The van der Waals surface area contributed by atoms with Crippen LogP contribution in [0.25, 0.3) is 5.69 Å². The molecule has 0 radical (unpaired) electrons. The number of amides is 1. The van der Waals surface area contributed by atoms with Crippen LogP contribution in [0.4, 0.5) is 0 Å². The van der Waals surface area contributed by atoms with Gasteiger partial charge in [0.1, 0.15) is 0 Å². The van der Waals surface area contributed by atoms with E-state index in [-0.39, 0.29) is 5.91 Å². The van der Waals surface area contributed by atoms with Crippen LogP contribution in [-0.2, 0) is 11.3 Å². The maximum Gasteiger partial charge on any atom is 0.236 e. The summed E-state index contributed by atoms with van der Waals surface area (Å²) in [5.41, 5.74) is 4.27. The van der Waals surface area contributed by atoms with Crippen molar-refractivity contribution in [3.05, 3.63) is 47.3 Å². The van der Waals surface area contributed by atoms with Crippen LogP contribution < -0.4 is 0 Å². The Bertz CT molecular complexity index is 785. The van der Waals surface area contributed by atoms with Gasteiger partial charge in [0.2, 0.25) is 5.91 Å². The first-order valence-electron chi connectivity index (χ1n) is 9.70. The molecule has 1 saturated heterocycles. The van der Waals surface area contributed by atoms with Crippen molar-refractivity contribution in [3.63, 3.8) is 0 Å². The lowest BCUT2D eigenvalue weighted by Crippen LogP contribution is -2.39. The lowest BCUT2D eigenvalue weighted by molar-refractivity contribution is -0.131. The van der Waals surface area contributed by atoms with E-state index in [9.17, 15) is 4.79 Å². The molecule has 0 unspecified atom stereocenters. The van der Waals surface area contributed by atoms with Gasteiger partial charge in [0, 0.05) is 32.4 Å². The Hall–Kier alpha value is -2.18. The van der Waals surface area contributed by atoms with Crippen molar-refractivity contribution >= 4 is 5.91 Å². The summed E-state index contributed by atoms with van der Waals surface area (Å²) in [5, 5.41) is 4.55. The minimum absolute atomic E-state index is 0.177. The molecule has 1 aliphatic rings. The van der Waals surface area contributed by atoms with Crippen molar-refractivity contribution in [1.29, 1.82) is 0 Å². The van der Waals surface area contributed by atoms with E-state index in [1.54, 1.807) is 0 Å². The molecule has 1 aromatic carbocycles. The first-order chi connectivity index (χ1) is 12.9. The smallest absolute Gasteiger partial charge is 0.236 e. The van der Waals surface area contributed by atoms with Gasteiger partial charge in [-0.05, 0) is 64.2 Å². The lowest BCUT2D eigenvalue weighted by atomic mass is 10.2. The summed E-state index contributed by atoms with van der Waals surface area (Å²) in [5.74, 6) is 0.177. The number of rotatable bonds is 5. The maximum atomic E-state index is 12.7. The van der Waals surface area contributed by atoms with Gasteiger partial charge < -0.3 is 9.80 Å². The third-order valence-electron chi connectivity index (χ3n) is 5.18. The Kier molecular flexibility index (Phi) is 6.29. The number of carbonyl (C=O) groups excluding carboxylic acids is 1. The Morgan fingerprint density at radius 3 is 2.70 bits per heavy atom. The van der Waals surface area contributed by atoms with E-state index >= 15 is 0 Å². The number of aromatic nitrogens is 2. The van der Waals surface area contributed by atoms with E-state index < -0.39 is 0 Å². The highest BCUT2D eigenvalue weighted by atomic mass is 16.2. The van der Waals surface area contributed by atoms with Crippen LogP contribution in [0.1, 0.15) is 23.4 Å².